The fourth-order valence-electron chi connectivity index (χ4n) is 1.55. The van der Waals surface area contributed by atoms with E-state index in [1.807, 2.05) is 12.1 Å². The number of ether oxygens (including phenoxy) is 1. The van der Waals surface area contributed by atoms with Gasteiger partial charge >= 0.3 is 0 Å². The van der Waals surface area contributed by atoms with Crippen molar-refractivity contribution in [2.45, 2.75) is 6.54 Å². The highest BCUT2D eigenvalue weighted by Crippen LogP contribution is 2.31. The SMILES string of the molecule is NCc1c(Br)cccc1Oc1cc(F)cc(Br)c1. The fourth-order valence-corrected chi connectivity index (χ4v) is 2.50. The summed E-state index contributed by atoms with van der Waals surface area (Å²) < 4.78 is 20.4. The largest absolute Gasteiger partial charge is 0.457 e. The van der Waals surface area contributed by atoms with E-state index < -0.39 is 0 Å². The van der Waals surface area contributed by atoms with Gasteiger partial charge in [-0.1, -0.05) is 37.9 Å². The van der Waals surface area contributed by atoms with Gasteiger partial charge in [-0.05, 0) is 24.3 Å². The zero-order valence-corrected chi connectivity index (χ0v) is 12.5. The molecule has 2 rings (SSSR count). The number of hydrogen-bond acceptors (Lipinski definition) is 2. The molecule has 0 aliphatic carbocycles. The molecular formula is C13H10Br2FNO. The van der Waals surface area contributed by atoms with Gasteiger partial charge in [-0.2, -0.15) is 0 Å². The van der Waals surface area contributed by atoms with Crippen molar-refractivity contribution >= 4 is 31.9 Å². The molecule has 0 atom stereocenters. The minimum absolute atomic E-state index is 0.341. The van der Waals surface area contributed by atoms with Gasteiger partial charge in [0, 0.05) is 27.1 Å². The monoisotopic (exact) mass is 373 g/mol. The van der Waals surface area contributed by atoms with Gasteiger partial charge in [0.1, 0.15) is 17.3 Å². The van der Waals surface area contributed by atoms with Crippen molar-refractivity contribution in [1.29, 1.82) is 0 Å². The summed E-state index contributed by atoms with van der Waals surface area (Å²) in [6.07, 6.45) is 0. The number of halogens is 3. The number of nitrogens with two attached hydrogens (primary N) is 1. The standard InChI is InChI=1S/C13H10Br2FNO/c14-8-4-9(16)6-10(5-8)18-13-3-1-2-12(15)11(13)7-17/h1-6H,7,17H2. The quantitative estimate of drug-likeness (QED) is 0.851. The van der Waals surface area contributed by atoms with Crippen LogP contribution >= 0.6 is 31.9 Å². The normalized spacial score (nSPS) is 10.4. The molecule has 2 nitrogen and oxygen atoms in total. The Hall–Kier alpha value is -0.910. The van der Waals surface area contributed by atoms with E-state index in [0.29, 0.717) is 22.5 Å². The lowest BCUT2D eigenvalue weighted by Gasteiger charge is -2.11. The molecule has 0 amide bonds. The molecule has 94 valence electrons. The summed E-state index contributed by atoms with van der Waals surface area (Å²) in [5.41, 5.74) is 6.52. The van der Waals surface area contributed by atoms with E-state index in [9.17, 15) is 4.39 Å². The summed E-state index contributed by atoms with van der Waals surface area (Å²) in [5, 5.41) is 0. The van der Waals surface area contributed by atoms with Crippen LogP contribution in [-0.2, 0) is 6.54 Å². The lowest BCUT2D eigenvalue weighted by atomic mass is 10.2. The fraction of sp³-hybridized carbons (Fsp3) is 0.0769. The number of benzene rings is 2. The first kappa shape index (κ1) is 13.5. The van der Waals surface area contributed by atoms with E-state index in [2.05, 4.69) is 31.9 Å². The highest BCUT2D eigenvalue weighted by Gasteiger charge is 2.08. The molecule has 0 saturated carbocycles. The Labute approximate surface area is 121 Å². The van der Waals surface area contributed by atoms with E-state index in [4.69, 9.17) is 10.5 Å². The number of hydrogen-bond donors (Lipinski definition) is 1. The van der Waals surface area contributed by atoms with Crippen molar-refractivity contribution in [3.63, 3.8) is 0 Å². The third-order valence-electron chi connectivity index (χ3n) is 2.34. The molecule has 5 heteroatoms. The van der Waals surface area contributed by atoms with E-state index in [1.54, 1.807) is 12.1 Å². The zero-order chi connectivity index (χ0) is 13.1. The second-order valence-corrected chi connectivity index (χ2v) is 5.40. The minimum Gasteiger partial charge on any atom is -0.457 e. The van der Waals surface area contributed by atoms with Crippen molar-refractivity contribution in [2.75, 3.05) is 0 Å². The maximum atomic E-state index is 13.2. The lowest BCUT2D eigenvalue weighted by Crippen LogP contribution is -2.00. The van der Waals surface area contributed by atoms with Gasteiger partial charge in [0.25, 0.3) is 0 Å². The van der Waals surface area contributed by atoms with Crippen LogP contribution in [0.3, 0.4) is 0 Å². The smallest absolute Gasteiger partial charge is 0.133 e. The van der Waals surface area contributed by atoms with E-state index in [0.717, 1.165) is 10.0 Å². The van der Waals surface area contributed by atoms with Crippen LogP contribution in [0.1, 0.15) is 5.56 Å². The summed E-state index contributed by atoms with van der Waals surface area (Å²) in [6, 6.07) is 9.92. The molecule has 0 fully saturated rings. The molecule has 0 spiro atoms. The summed E-state index contributed by atoms with van der Waals surface area (Å²) in [6.45, 7) is 0.341. The first-order valence-corrected chi connectivity index (χ1v) is 6.80. The Balaban J connectivity index is 2.36. The van der Waals surface area contributed by atoms with Gasteiger partial charge in [-0.15, -0.1) is 0 Å². The minimum atomic E-state index is -0.358. The Kier molecular flexibility index (Phi) is 4.37. The van der Waals surface area contributed by atoms with Crippen molar-refractivity contribution in [3.8, 4) is 11.5 Å². The molecular weight excluding hydrogens is 365 g/mol. The zero-order valence-electron chi connectivity index (χ0n) is 9.29. The van der Waals surface area contributed by atoms with Gasteiger partial charge < -0.3 is 10.5 Å². The van der Waals surface area contributed by atoms with Crippen LogP contribution in [0.4, 0.5) is 4.39 Å². The van der Waals surface area contributed by atoms with Gasteiger partial charge in [0.05, 0.1) is 0 Å². The molecule has 0 radical (unpaired) electrons. The molecule has 18 heavy (non-hydrogen) atoms. The molecule has 0 bridgehead atoms. The summed E-state index contributed by atoms with van der Waals surface area (Å²) in [7, 11) is 0. The predicted octanol–water partition coefficient (Wildman–Crippen LogP) is 4.60. The van der Waals surface area contributed by atoms with Gasteiger partial charge in [0.15, 0.2) is 0 Å². The van der Waals surface area contributed by atoms with Gasteiger partial charge in [-0.3, -0.25) is 0 Å². The third kappa shape index (κ3) is 3.10. The molecule has 0 aliphatic heterocycles. The molecule has 0 aliphatic rings. The maximum absolute atomic E-state index is 13.2. The van der Waals surface area contributed by atoms with Crippen LogP contribution < -0.4 is 10.5 Å². The van der Waals surface area contributed by atoms with Crippen molar-refractivity contribution in [2.24, 2.45) is 5.73 Å². The molecule has 0 saturated heterocycles. The summed E-state index contributed by atoms with van der Waals surface area (Å²) >= 11 is 6.63. The molecule has 0 heterocycles. The van der Waals surface area contributed by atoms with Gasteiger partial charge in [0.2, 0.25) is 0 Å². The van der Waals surface area contributed by atoms with E-state index >= 15 is 0 Å². The van der Waals surface area contributed by atoms with Crippen LogP contribution in [0.2, 0.25) is 0 Å². The van der Waals surface area contributed by atoms with Crippen LogP contribution in [0.25, 0.3) is 0 Å². The molecule has 0 aromatic heterocycles. The van der Waals surface area contributed by atoms with Crippen molar-refractivity contribution < 1.29 is 9.13 Å². The van der Waals surface area contributed by atoms with Crippen LogP contribution in [-0.4, -0.2) is 0 Å². The maximum Gasteiger partial charge on any atom is 0.133 e. The second-order valence-electron chi connectivity index (χ2n) is 3.63. The average molecular weight is 375 g/mol. The first-order chi connectivity index (χ1) is 8.60. The van der Waals surface area contributed by atoms with E-state index in [1.165, 1.54) is 12.1 Å². The first-order valence-electron chi connectivity index (χ1n) is 5.21. The van der Waals surface area contributed by atoms with Crippen molar-refractivity contribution in [3.05, 3.63) is 56.7 Å². The molecule has 2 aromatic carbocycles. The molecule has 2 N–H and O–H groups in total. The Morgan fingerprint density at radius 3 is 2.61 bits per heavy atom. The van der Waals surface area contributed by atoms with Crippen LogP contribution in [0.5, 0.6) is 11.5 Å². The summed E-state index contributed by atoms with van der Waals surface area (Å²) in [5.74, 6) is 0.683. The number of rotatable bonds is 3. The van der Waals surface area contributed by atoms with Gasteiger partial charge in [-0.25, -0.2) is 4.39 Å². The highest BCUT2D eigenvalue weighted by molar-refractivity contribution is 9.10. The Morgan fingerprint density at radius 1 is 1.17 bits per heavy atom. The lowest BCUT2D eigenvalue weighted by molar-refractivity contribution is 0.470. The topological polar surface area (TPSA) is 35.2 Å². The van der Waals surface area contributed by atoms with Crippen LogP contribution in [0, 0.1) is 5.82 Å². The third-order valence-corrected chi connectivity index (χ3v) is 3.54. The Bertz CT molecular complexity index is 555. The average Bonchev–Trinajstić information content (AvgIpc) is 2.27. The van der Waals surface area contributed by atoms with Crippen molar-refractivity contribution in [1.82, 2.24) is 0 Å². The van der Waals surface area contributed by atoms with Crippen LogP contribution in [0.15, 0.2) is 45.3 Å². The Morgan fingerprint density at radius 2 is 1.94 bits per heavy atom. The van der Waals surface area contributed by atoms with E-state index in [-0.39, 0.29) is 5.82 Å². The highest BCUT2D eigenvalue weighted by atomic mass is 79.9. The summed E-state index contributed by atoms with van der Waals surface area (Å²) in [4.78, 5) is 0. The molecule has 2 aromatic rings. The predicted molar refractivity (Wildman–Crippen MR) is 76.2 cm³/mol. The molecule has 0 unspecified atom stereocenters. The second kappa shape index (κ2) is 5.82.